The van der Waals surface area contributed by atoms with Crippen molar-refractivity contribution in [2.75, 3.05) is 6.61 Å². The molecule has 138 valence electrons. The van der Waals surface area contributed by atoms with Crippen LogP contribution in [0.2, 0.25) is 0 Å². The van der Waals surface area contributed by atoms with Gasteiger partial charge in [-0.25, -0.2) is 0 Å². The van der Waals surface area contributed by atoms with Crippen molar-refractivity contribution in [3.8, 4) is 0 Å². The third kappa shape index (κ3) is 7.48. The van der Waals surface area contributed by atoms with E-state index in [0.29, 0.717) is 6.42 Å². The van der Waals surface area contributed by atoms with Crippen LogP contribution in [0.15, 0.2) is 0 Å². The molecule has 5 N–H and O–H groups in total. The zero-order valence-corrected chi connectivity index (χ0v) is 14.7. The first-order chi connectivity index (χ1) is 11.1. The quantitative estimate of drug-likeness (QED) is 0.331. The van der Waals surface area contributed by atoms with E-state index in [-0.39, 0.29) is 6.61 Å². The summed E-state index contributed by atoms with van der Waals surface area (Å²) in [5.74, 6) is 0. The Morgan fingerprint density at radius 3 is 1.83 bits per heavy atom. The second-order valence-corrected chi connectivity index (χ2v) is 7.00. The van der Waals surface area contributed by atoms with Crippen LogP contribution < -0.4 is 5.32 Å². The molecule has 1 fully saturated rings. The Hall–Kier alpha value is -0.200. The van der Waals surface area contributed by atoms with Crippen molar-refractivity contribution >= 4 is 0 Å². The minimum Gasteiger partial charge on any atom is -0.395 e. The third-order valence-electron chi connectivity index (χ3n) is 5.00. The molecule has 1 saturated heterocycles. The lowest BCUT2D eigenvalue weighted by atomic mass is 9.98. The number of unbranched alkanes of at least 4 members (excludes halogenated alkanes) is 9. The van der Waals surface area contributed by atoms with Crippen LogP contribution in [0, 0.1) is 0 Å². The van der Waals surface area contributed by atoms with Crippen molar-refractivity contribution in [1.82, 2.24) is 5.32 Å². The van der Waals surface area contributed by atoms with E-state index in [1.165, 1.54) is 51.4 Å². The van der Waals surface area contributed by atoms with E-state index < -0.39 is 30.4 Å². The molecule has 0 radical (unpaired) electrons. The molecule has 1 aliphatic heterocycles. The van der Waals surface area contributed by atoms with E-state index in [2.05, 4.69) is 12.2 Å². The van der Waals surface area contributed by atoms with Crippen LogP contribution in [0.3, 0.4) is 0 Å². The number of aliphatic hydroxyl groups is 4. The van der Waals surface area contributed by atoms with E-state index in [1.54, 1.807) is 0 Å². The van der Waals surface area contributed by atoms with E-state index in [9.17, 15) is 15.3 Å². The lowest BCUT2D eigenvalue weighted by molar-refractivity contribution is -0.00443. The predicted molar refractivity (Wildman–Crippen MR) is 92.3 cm³/mol. The van der Waals surface area contributed by atoms with Crippen LogP contribution in [-0.2, 0) is 0 Å². The summed E-state index contributed by atoms with van der Waals surface area (Å²) in [7, 11) is 0. The van der Waals surface area contributed by atoms with Crippen LogP contribution >= 0.6 is 0 Å². The molecule has 5 nitrogen and oxygen atoms in total. The molecule has 5 atom stereocenters. The highest BCUT2D eigenvalue weighted by Crippen LogP contribution is 2.20. The maximum atomic E-state index is 10.2. The summed E-state index contributed by atoms with van der Waals surface area (Å²) >= 11 is 0. The Labute approximate surface area is 141 Å². The zero-order valence-electron chi connectivity index (χ0n) is 14.7. The number of nitrogens with one attached hydrogen (secondary N) is 1. The van der Waals surface area contributed by atoms with Crippen molar-refractivity contribution in [2.45, 2.75) is 108 Å². The summed E-state index contributed by atoms with van der Waals surface area (Å²) in [5.41, 5.74) is 0. The Morgan fingerprint density at radius 1 is 0.826 bits per heavy atom. The van der Waals surface area contributed by atoms with E-state index in [0.717, 1.165) is 12.8 Å². The number of rotatable bonds is 13. The number of aliphatic hydroxyl groups excluding tert-OH is 4. The monoisotopic (exact) mass is 331 g/mol. The molecule has 0 aromatic rings. The number of hydrogen-bond acceptors (Lipinski definition) is 5. The van der Waals surface area contributed by atoms with Crippen molar-refractivity contribution in [3.63, 3.8) is 0 Å². The summed E-state index contributed by atoms with van der Waals surface area (Å²) in [5, 5.41) is 41.8. The maximum Gasteiger partial charge on any atom is 0.0993 e. The van der Waals surface area contributed by atoms with Crippen LogP contribution in [-0.4, -0.2) is 57.4 Å². The average Bonchev–Trinajstić information content (AvgIpc) is 2.84. The molecule has 23 heavy (non-hydrogen) atoms. The SMILES string of the molecule is CCCCCCCCCCCC[C@@H](O)[C@H]1N[C@H](CO)[C@@H](O)[C@@H]1O. The van der Waals surface area contributed by atoms with Gasteiger partial charge in [-0.2, -0.15) is 0 Å². The van der Waals surface area contributed by atoms with E-state index in [1.807, 2.05) is 0 Å². The Morgan fingerprint density at radius 2 is 1.35 bits per heavy atom. The van der Waals surface area contributed by atoms with Crippen molar-refractivity contribution in [3.05, 3.63) is 0 Å². The van der Waals surface area contributed by atoms with Crippen LogP contribution in [0.5, 0.6) is 0 Å². The Bertz CT molecular complexity index is 290. The van der Waals surface area contributed by atoms with Gasteiger partial charge in [-0.1, -0.05) is 71.1 Å². The summed E-state index contributed by atoms with van der Waals surface area (Å²) in [6, 6.07) is -1.09. The topological polar surface area (TPSA) is 93.0 Å². The van der Waals surface area contributed by atoms with Gasteiger partial charge < -0.3 is 25.7 Å². The first-order valence-corrected chi connectivity index (χ1v) is 9.53. The summed E-state index contributed by atoms with van der Waals surface area (Å²) in [6.07, 6.45) is 10.4. The highest BCUT2D eigenvalue weighted by atomic mass is 16.3. The number of hydrogen-bond donors (Lipinski definition) is 5. The van der Waals surface area contributed by atoms with E-state index >= 15 is 0 Å². The minimum atomic E-state index is -1.01. The highest BCUT2D eigenvalue weighted by Gasteiger charge is 2.43. The van der Waals surface area contributed by atoms with Gasteiger partial charge >= 0.3 is 0 Å². The van der Waals surface area contributed by atoms with E-state index in [4.69, 9.17) is 5.11 Å². The highest BCUT2D eigenvalue weighted by molar-refractivity contribution is 5.00. The smallest absolute Gasteiger partial charge is 0.0993 e. The fraction of sp³-hybridized carbons (Fsp3) is 1.00. The summed E-state index contributed by atoms with van der Waals surface area (Å²) in [6.45, 7) is 2.00. The maximum absolute atomic E-state index is 10.2. The Balaban J connectivity index is 2.01. The van der Waals surface area contributed by atoms with Gasteiger partial charge in [0.25, 0.3) is 0 Å². The van der Waals surface area contributed by atoms with Gasteiger partial charge in [-0.15, -0.1) is 0 Å². The summed E-state index contributed by atoms with van der Waals surface area (Å²) < 4.78 is 0. The largest absolute Gasteiger partial charge is 0.395 e. The van der Waals surface area contributed by atoms with Gasteiger partial charge in [0, 0.05) is 0 Å². The van der Waals surface area contributed by atoms with Crippen molar-refractivity contribution < 1.29 is 20.4 Å². The molecule has 0 aliphatic carbocycles. The van der Waals surface area contributed by atoms with Gasteiger partial charge in [-0.05, 0) is 6.42 Å². The average molecular weight is 331 g/mol. The van der Waals surface area contributed by atoms with Crippen molar-refractivity contribution in [1.29, 1.82) is 0 Å². The Kier molecular flexibility index (Phi) is 11.1. The van der Waals surface area contributed by atoms with Gasteiger partial charge in [0.15, 0.2) is 0 Å². The lowest BCUT2D eigenvalue weighted by Gasteiger charge is -2.22. The first kappa shape index (κ1) is 20.8. The molecule has 1 heterocycles. The van der Waals surface area contributed by atoms with Gasteiger partial charge in [-0.3, -0.25) is 0 Å². The van der Waals surface area contributed by atoms with Crippen LogP contribution in [0.25, 0.3) is 0 Å². The van der Waals surface area contributed by atoms with Gasteiger partial charge in [0.2, 0.25) is 0 Å². The molecule has 0 bridgehead atoms. The third-order valence-corrected chi connectivity index (χ3v) is 5.00. The molecule has 5 heteroatoms. The molecule has 1 aliphatic rings. The fourth-order valence-electron chi connectivity index (χ4n) is 3.41. The molecule has 1 rings (SSSR count). The minimum absolute atomic E-state index is 0.236. The fourth-order valence-corrected chi connectivity index (χ4v) is 3.41. The molecule has 0 amide bonds. The normalized spacial score (nSPS) is 29.1. The van der Waals surface area contributed by atoms with Crippen LogP contribution in [0.1, 0.15) is 77.6 Å². The van der Waals surface area contributed by atoms with Gasteiger partial charge in [0.05, 0.1) is 37.0 Å². The zero-order chi connectivity index (χ0) is 17.1. The molecule has 0 aromatic carbocycles. The van der Waals surface area contributed by atoms with Crippen molar-refractivity contribution in [2.24, 2.45) is 0 Å². The lowest BCUT2D eigenvalue weighted by Crippen LogP contribution is -2.44. The van der Waals surface area contributed by atoms with Gasteiger partial charge in [0.1, 0.15) is 0 Å². The molecule has 0 unspecified atom stereocenters. The molecular weight excluding hydrogens is 294 g/mol. The first-order valence-electron chi connectivity index (χ1n) is 9.53. The predicted octanol–water partition coefficient (Wildman–Crippen LogP) is 1.71. The second-order valence-electron chi connectivity index (χ2n) is 7.00. The standard InChI is InChI=1S/C18H37NO4/c1-2-3-4-5-6-7-8-9-10-11-12-15(21)16-18(23)17(22)14(13-20)19-16/h14-23H,2-13H2,1H3/t14-,15-,16-,17-,18-/m1/s1. The molecule has 0 aromatic heterocycles. The van der Waals surface area contributed by atoms with Crippen LogP contribution in [0.4, 0.5) is 0 Å². The molecule has 0 spiro atoms. The second kappa shape index (κ2) is 12.2. The summed E-state index contributed by atoms with van der Waals surface area (Å²) in [4.78, 5) is 0. The molecule has 0 saturated carbocycles. The molecular formula is C18H37NO4.